The van der Waals surface area contributed by atoms with Crippen LogP contribution in [-0.2, 0) is 13.0 Å². The number of nitroso groups, excluding NO2 is 1. The Bertz CT molecular complexity index is 1280. The minimum absolute atomic E-state index is 0.0426. The summed E-state index contributed by atoms with van der Waals surface area (Å²) in [4.78, 5) is 29.3. The van der Waals surface area contributed by atoms with Gasteiger partial charge in [0.15, 0.2) is 11.3 Å². The predicted molar refractivity (Wildman–Crippen MR) is 111 cm³/mol. The monoisotopic (exact) mass is 399 g/mol. The van der Waals surface area contributed by atoms with Gasteiger partial charge in [-0.2, -0.15) is 9.61 Å². The van der Waals surface area contributed by atoms with Crippen molar-refractivity contribution in [1.29, 1.82) is 0 Å². The van der Waals surface area contributed by atoms with Crippen molar-refractivity contribution in [1.82, 2.24) is 14.6 Å². The van der Waals surface area contributed by atoms with E-state index in [1.807, 2.05) is 18.2 Å². The van der Waals surface area contributed by atoms with Gasteiger partial charge in [0.2, 0.25) is 0 Å². The van der Waals surface area contributed by atoms with Crippen LogP contribution in [0.1, 0.15) is 21.6 Å². The van der Waals surface area contributed by atoms with Gasteiger partial charge in [0.25, 0.3) is 0 Å². The van der Waals surface area contributed by atoms with Crippen molar-refractivity contribution in [3.05, 3.63) is 82.4 Å². The summed E-state index contributed by atoms with van der Waals surface area (Å²) in [6.45, 7) is 1.47. The molecule has 148 valence electrons. The van der Waals surface area contributed by atoms with Crippen LogP contribution in [0.3, 0.4) is 0 Å². The van der Waals surface area contributed by atoms with Crippen LogP contribution >= 0.6 is 0 Å². The zero-order chi connectivity index (χ0) is 20.7. The van der Waals surface area contributed by atoms with Gasteiger partial charge in [-0.05, 0) is 41.8 Å². The van der Waals surface area contributed by atoms with Crippen LogP contribution in [0.4, 0.5) is 5.82 Å². The summed E-state index contributed by atoms with van der Waals surface area (Å²) in [6.07, 6.45) is 0.886. The number of carbonyl (C=O) groups excluding carboxylic acids is 1. The summed E-state index contributed by atoms with van der Waals surface area (Å²) < 4.78 is 1.58. The highest BCUT2D eigenvalue weighted by atomic mass is 16.3. The highest BCUT2D eigenvalue weighted by Crippen LogP contribution is 2.29. The molecule has 3 heterocycles. The lowest BCUT2D eigenvalue weighted by Crippen LogP contribution is -2.32. The molecule has 1 amide bonds. The number of rotatable bonds is 3. The quantitative estimate of drug-likeness (QED) is 0.529. The van der Waals surface area contributed by atoms with Gasteiger partial charge in [0.05, 0.1) is 5.69 Å². The van der Waals surface area contributed by atoms with Crippen LogP contribution in [0.5, 0.6) is 5.75 Å². The number of phenolic OH excluding ortho intramolecular Hbond substituents is 1. The van der Waals surface area contributed by atoms with Gasteiger partial charge < -0.3 is 10.0 Å². The topological polar surface area (TPSA) is 100 Å². The van der Waals surface area contributed by atoms with Crippen molar-refractivity contribution in [3.63, 3.8) is 0 Å². The number of nitrogens with zero attached hydrogens (tertiary/aromatic N) is 5. The number of amides is 1. The molecule has 2 aromatic carbocycles. The zero-order valence-corrected chi connectivity index (χ0v) is 15.9. The molecule has 0 bridgehead atoms. The van der Waals surface area contributed by atoms with Gasteiger partial charge >= 0.3 is 5.91 Å². The summed E-state index contributed by atoms with van der Waals surface area (Å²) in [5.41, 5.74) is 4.45. The van der Waals surface area contributed by atoms with Crippen LogP contribution in [0.25, 0.3) is 16.9 Å². The number of aromatic hydroxyl groups is 1. The largest absolute Gasteiger partial charge is 0.508 e. The van der Waals surface area contributed by atoms with Gasteiger partial charge in [-0.1, -0.05) is 24.3 Å². The highest BCUT2D eigenvalue weighted by Gasteiger charge is 2.22. The summed E-state index contributed by atoms with van der Waals surface area (Å²) in [5.74, 6) is 0.00568. The lowest BCUT2D eigenvalue weighted by molar-refractivity contribution is 0.0996. The van der Waals surface area contributed by atoms with Crippen LogP contribution < -0.4 is 4.90 Å². The normalized spacial score (nSPS) is 13.3. The molecule has 0 radical (unpaired) electrons. The molecule has 0 spiro atoms. The molecule has 0 aliphatic carbocycles. The fraction of sp³-hybridized carbons (Fsp3) is 0.136. The average Bonchev–Trinajstić information content (AvgIpc) is 3.22. The number of hydrogen-bond donors (Lipinski definition) is 1. The Kier molecular flexibility index (Phi) is 4.24. The van der Waals surface area contributed by atoms with E-state index in [9.17, 15) is 14.8 Å². The van der Waals surface area contributed by atoms with Crippen molar-refractivity contribution in [3.8, 4) is 17.0 Å². The molecule has 1 N–H and O–H groups in total. The lowest BCUT2D eigenvalue weighted by Gasteiger charge is -2.31. The number of hydrogen-bond acceptors (Lipinski definition) is 6. The molecule has 2 aromatic heterocycles. The lowest BCUT2D eigenvalue weighted by atomic mass is 10.00. The van der Waals surface area contributed by atoms with Crippen molar-refractivity contribution in [2.24, 2.45) is 5.18 Å². The molecular formula is C22H17N5O3. The van der Waals surface area contributed by atoms with E-state index in [0.29, 0.717) is 17.9 Å². The first-order valence-corrected chi connectivity index (χ1v) is 9.52. The third kappa shape index (κ3) is 3.08. The van der Waals surface area contributed by atoms with E-state index >= 15 is 0 Å². The molecule has 8 heteroatoms. The van der Waals surface area contributed by atoms with E-state index in [0.717, 1.165) is 24.3 Å². The van der Waals surface area contributed by atoms with Crippen molar-refractivity contribution >= 4 is 17.4 Å². The Morgan fingerprint density at radius 2 is 1.80 bits per heavy atom. The van der Waals surface area contributed by atoms with Crippen LogP contribution in [0.2, 0.25) is 0 Å². The molecule has 1 aliphatic rings. The molecule has 0 fully saturated rings. The molecule has 0 saturated heterocycles. The number of anilines is 1. The van der Waals surface area contributed by atoms with Crippen LogP contribution in [-0.4, -0.2) is 32.2 Å². The van der Waals surface area contributed by atoms with E-state index in [2.05, 4.69) is 32.3 Å². The number of carbonyl (C=O) groups is 1. The van der Waals surface area contributed by atoms with Gasteiger partial charge in [-0.15, -0.1) is 4.91 Å². The van der Waals surface area contributed by atoms with Crippen molar-refractivity contribution in [2.45, 2.75) is 13.0 Å². The second-order valence-corrected chi connectivity index (χ2v) is 7.18. The van der Waals surface area contributed by atoms with Gasteiger partial charge in [0, 0.05) is 36.0 Å². The van der Waals surface area contributed by atoms with E-state index in [1.54, 1.807) is 28.8 Å². The van der Waals surface area contributed by atoms with E-state index in [-0.39, 0.29) is 11.4 Å². The molecule has 0 unspecified atom stereocenters. The zero-order valence-electron chi connectivity index (χ0n) is 15.9. The summed E-state index contributed by atoms with van der Waals surface area (Å²) in [5, 5.41) is 16.4. The second-order valence-electron chi connectivity index (χ2n) is 7.18. The minimum Gasteiger partial charge on any atom is -0.508 e. The van der Waals surface area contributed by atoms with E-state index in [1.165, 1.54) is 17.2 Å². The number of fused-ring (bicyclic) bond motifs is 2. The Morgan fingerprint density at radius 1 is 1.03 bits per heavy atom. The van der Waals surface area contributed by atoms with Crippen molar-refractivity contribution in [2.75, 3.05) is 11.4 Å². The Hall–Kier alpha value is -4.07. The van der Waals surface area contributed by atoms with E-state index in [4.69, 9.17) is 0 Å². The molecule has 8 nitrogen and oxygen atoms in total. The second kappa shape index (κ2) is 7.07. The fourth-order valence-electron chi connectivity index (χ4n) is 3.81. The molecule has 30 heavy (non-hydrogen) atoms. The number of benzene rings is 2. The third-order valence-electron chi connectivity index (χ3n) is 5.33. The molecule has 0 saturated carbocycles. The maximum Gasteiger partial charge on any atom is 0.336 e. The molecule has 5 rings (SSSR count). The Labute approximate surface area is 171 Å². The summed E-state index contributed by atoms with van der Waals surface area (Å²) in [6, 6.07) is 18.4. The number of aromatic nitrogens is 3. The third-order valence-corrected chi connectivity index (χ3v) is 5.33. The number of phenols is 1. The maximum absolute atomic E-state index is 11.8. The summed E-state index contributed by atoms with van der Waals surface area (Å²) >= 11 is 0. The first kappa shape index (κ1) is 18.0. The first-order valence-electron chi connectivity index (χ1n) is 9.52. The maximum atomic E-state index is 11.8. The predicted octanol–water partition coefficient (Wildman–Crippen LogP) is 3.57. The Balaban J connectivity index is 1.66. The van der Waals surface area contributed by atoms with Crippen molar-refractivity contribution < 1.29 is 9.90 Å². The smallest absolute Gasteiger partial charge is 0.336 e. The Morgan fingerprint density at radius 3 is 2.57 bits per heavy atom. The summed E-state index contributed by atoms with van der Waals surface area (Å²) in [7, 11) is 0. The van der Waals surface area contributed by atoms with E-state index < -0.39 is 5.91 Å². The average molecular weight is 399 g/mol. The van der Waals surface area contributed by atoms with Crippen LogP contribution in [0, 0.1) is 4.91 Å². The van der Waals surface area contributed by atoms with Gasteiger partial charge in [-0.3, -0.25) is 4.79 Å². The minimum atomic E-state index is -0.929. The fourth-order valence-corrected chi connectivity index (χ4v) is 3.81. The highest BCUT2D eigenvalue weighted by molar-refractivity contribution is 5.94. The molecular weight excluding hydrogens is 382 g/mol. The molecule has 0 atom stereocenters. The first-order chi connectivity index (χ1) is 14.6. The molecule has 1 aliphatic heterocycles. The standard InChI is InChI=1S/C22H17N5O3/c28-17-7-5-15(6-8-17)18-12-21(26-10-9-14-3-1-2-4-16(14)13-26)27-20(23-18)11-19(24-27)22(29)25-30/h1-8,11-12,28H,9-10,13H2. The molecule has 4 aromatic rings. The van der Waals surface area contributed by atoms with Gasteiger partial charge in [0.1, 0.15) is 11.6 Å². The van der Waals surface area contributed by atoms with Gasteiger partial charge in [-0.25, -0.2) is 4.98 Å². The SMILES string of the molecule is O=NC(=O)c1cc2nc(-c3ccc(O)cc3)cc(N3CCc4ccccc4C3)n2n1. The van der Waals surface area contributed by atoms with Crippen LogP contribution in [0.15, 0.2) is 65.8 Å².